The van der Waals surface area contributed by atoms with E-state index >= 15 is 9.59 Å². The Morgan fingerprint density at radius 1 is 0.393 bits per heavy atom. The first kappa shape index (κ1) is 46.4. The monoisotopic (exact) mass is 791 g/mol. The van der Waals surface area contributed by atoms with E-state index in [-0.39, 0.29) is 51.4 Å². The lowest BCUT2D eigenvalue weighted by Gasteiger charge is -2.65. The highest BCUT2D eigenvalue weighted by Gasteiger charge is 2.79. The van der Waals surface area contributed by atoms with Crippen molar-refractivity contribution in [1.29, 1.82) is 0 Å². The van der Waals surface area contributed by atoms with E-state index < -0.39 is 115 Å². The second kappa shape index (κ2) is 14.2. The van der Waals surface area contributed by atoms with Crippen molar-refractivity contribution >= 4 is 23.9 Å². The van der Waals surface area contributed by atoms with Crippen molar-refractivity contribution in [3.63, 3.8) is 0 Å². The van der Waals surface area contributed by atoms with E-state index in [0.717, 1.165) is 0 Å². The molecule has 4 unspecified atom stereocenters. The van der Waals surface area contributed by atoms with Gasteiger partial charge in [0.2, 0.25) is 0 Å². The molecule has 4 atom stereocenters. The summed E-state index contributed by atoms with van der Waals surface area (Å²) in [6.07, 6.45) is 1.65. The minimum absolute atomic E-state index is 0.145. The van der Waals surface area contributed by atoms with Crippen molar-refractivity contribution in [3.8, 4) is 0 Å². The van der Waals surface area contributed by atoms with Gasteiger partial charge in [0, 0.05) is 44.3 Å². The molecule has 4 saturated heterocycles. The summed E-state index contributed by atoms with van der Waals surface area (Å²) in [5.41, 5.74) is -10.6. The molecule has 4 aliphatic rings. The Hall–Kier alpha value is -2.28. The molecule has 4 aliphatic heterocycles. The minimum Gasteiger partial charge on any atom is -0.481 e. The Balaban J connectivity index is 2.35. The van der Waals surface area contributed by atoms with Crippen molar-refractivity contribution < 1.29 is 39.6 Å². The van der Waals surface area contributed by atoms with Gasteiger partial charge in [-0.05, 0) is 186 Å². The van der Waals surface area contributed by atoms with E-state index in [0.29, 0.717) is 0 Å². The summed E-state index contributed by atoms with van der Waals surface area (Å²) in [6, 6.07) is 0. The molecule has 0 bridgehead atoms. The fourth-order valence-electron chi connectivity index (χ4n) is 14.8. The number of carboxylic acid groups (broad SMARTS) is 4. The van der Waals surface area contributed by atoms with E-state index in [9.17, 15) is 30.0 Å². The summed E-state index contributed by atoms with van der Waals surface area (Å²) in [4.78, 5) is 60.2. The van der Waals surface area contributed by atoms with E-state index in [1.807, 2.05) is 111 Å². The summed E-state index contributed by atoms with van der Waals surface area (Å²) in [5.74, 6) is -12.9. The van der Waals surface area contributed by atoms with E-state index in [4.69, 9.17) is 0 Å². The number of rotatable bonds is 11. The van der Waals surface area contributed by atoms with Gasteiger partial charge in [-0.25, -0.2) is 0 Å². The third-order valence-electron chi connectivity index (χ3n) is 14.0. The van der Waals surface area contributed by atoms with Gasteiger partial charge in [-0.15, -0.1) is 0 Å². The molecule has 12 nitrogen and oxygen atoms in total. The van der Waals surface area contributed by atoms with Crippen LogP contribution in [0.4, 0.5) is 0 Å². The highest BCUT2D eigenvalue weighted by molar-refractivity contribution is 5.95. The number of carbonyl (C=O) groups is 4. The van der Waals surface area contributed by atoms with Gasteiger partial charge < -0.3 is 41.7 Å². The summed E-state index contributed by atoms with van der Waals surface area (Å²) >= 11 is 0. The second-order valence-corrected chi connectivity index (χ2v) is 24.1. The number of aliphatic carboxylic acids is 4. The van der Waals surface area contributed by atoms with Crippen LogP contribution < -0.4 is 21.3 Å². The van der Waals surface area contributed by atoms with E-state index in [2.05, 4.69) is 21.3 Å². The van der Waals surface area contributed by atoms with Crippen LogP contribution in [0.1, 0.15) is 162 Å². The first-order valence-corrected chi connectivity index (χ1v) is 21.0. The molecule has 322 valence electrons. The lowest BCUT2D eigenvalue weighted by Crippen LogP contribution is -2.76. The van der Waals surface area contributed by atoms with Crippen LogP contribution in [0.5, 0.6) is 0 Å². The lowest BCUT2D eigenvalue weighted by molar-refractivity contribution is -0.236. The predicted octanol–water partition coefficient (Wildman–Crippen LogP) is 6.76. The SMILES string of the molecule is CC1(C)CC(C(C(=O)O)C(C(=O)O)(C2CC(C)(C)NC(C)(C)C2)C(C(=O)O)(C2CC(C)(C)NC(C)(C)C2)C(C(=O)O)C2CC(C)(C)NC(C)(C)C2)CC(C)(C)N1. The molecule has 4 rings (SSSR count). The molecule has 0 radical (unpaired) electrons. The zero-order valence-corrected chi connectivity index (χ0v) is 37.5. The Morgan fingerprint density at radius 3 is 0.732 bits per heavy atom. The molecule has 4 fully saturated rings. The van der Waals surface area contributed by atoms with Crippen LogP contribution in [0.3, 0.4) is 0 Å². The number of carboxylic acids is 4. The number of hydrogen-bond donors (Lipinski definition) is 8. The topological polar surface area (TPSA) is 197 Å². The van der Waals surface area contributed by atoms with Gasteiger partial charge in [-0.2, -0.15) is 0 Å². The molecule has 8 N–H and O–H groups in total. The van der Waals surface area contributed by atoms with Crippen LogP contribution in [-0.4, -0.2) is 88.6 Å². The highest BCUT2D eigenvalue weighted by atomic mass is 16.4. The maximum atomic E-state index is 15.5. The second-order valence-electron chi connectivity index (χ2n) is 24.1. The molecule has 0 spiro atoms. The average molecular weight is 791 g/mol. The first-order valence-electron chi connectivity index (χ1n) is 21.0. The molecule has 0 saturated carbocycles. The number of piperidine rings is 4. The largest absolute Gasteiger partial charge is 0.481 e. The third-order valence-corrected chi connectivity index (χ3v) is 14.0. The van der Waals surface area contributed by atoms with Crippen molar-refractivity contribution in [1.82, 2.24) is 21.3 Å². The normalized spacial score (nSPS) is 30.5. The smallest absolute Gasteiger partial charge is 0.312 e. The molecule has 56 heavy (non-hydrogen) atoms. The van der Waals surface area contributed by atoms with E-state index in [1.54, 1.807) is 0 Å². The minimum atomic E-state index is -2.58. The molecule has 0 aromatic heterocycles. The average Bonchev–Trinajstić information content (AvgIpc) is 2.86. The standard InChI is InChI=1S/C44H78N4O8/c1-35(2)17-25(18-36(3,4)45-35)29(31(49)50)43(33(53)54,27-21-39(9,10)47-40(11,12)22-27)44(34(55)56,28-23-41(13,14)48-42(15,16)24-28)30(32(51)52)26-19-37(5,6)46-38(7,8)20-26/h25-30,45-48H,17-24H2,1-16H3,(H,49,50)(H,51,52)(H,53,54)(H,55,56). The van der Waals surface area contributed by atoms with Crippen molar-refractivity contribution in [2.45, 2.75) is 206 Å². The van der Waals surface area contributed by atoms with Crippen molar-refractivity contribution in [2.75, 3.05) is 0 Å². The van der Waals surface area contributed by atoms with Gasteiger partial charge in [0.1, 0.15) is 10.8 Å². The van der Waals surface area contributed by atoms with Gasteiger partial charge in [-0.3, -0.25) is 19.2 Å². The fraction of sp³-hybridized carbons (Fsp3) is 0.909. The summed E-state index contributed by atoms with van der Waals surface area (Å²) in [7, 11) is 0. The predicted molar refractivity (Wildman–Crippen MR) is 218 cm³/mol. The Kier molecular flexibility index (Phi) is 11.8. The zero-order valence-electron chi connectivity index (χ0n) is 37.5. The zero-order chi connectivity index (χ0) is 43.3. The van der Waals surface area contributed by atoms with Crippen LogP contribution in [0.25, 0.3) is 0 Å². The quantitative estimate of drug-likeness (QED) is 0.110. The van der Waals surface area contributed by atoms with Crippen molar-refractivity contribution in [3.05, 3.63) is 0 Å². The van der Waals surface area contributed by atoms with Crippen LogP contribution in [0.15, 0.2) is 0 Å². The molecule has 4 heterocycles. The van der Waals surface area contributed by atoms with E-state index in [1.165, 1.54) is 0 Å². The fourth-order valence-corrected chi connectivity index (χ4v) is 14.8. The third kappa shape index (κ3) is 8.83. The highest BCUT2D eigenvalue weighted by Crippen LogP contribution is 2.69. The molecule has 0 amide bonds. The number of nitrogens with one attached hydrogen (secondary N) is 4. The van der Waals surface area contributed by atoms with Gasteiger partial charge in [0.25, 0.3) is 0 Å². The summed E-state index contributed by atoms with van der Waals surface area (Å²) < 4.78 is 0. The summed E-state index contributed by atoms with van der Waals surface area (Å²) in [6.45, 7) is 31.4. The Morgan fingerprint density at radius 2 is 0.571 bits per heavy atom. The molecular weight excluding hydrogens is 713 g/mol. The number of hydrogen-bond acceptors (Lipinski definition) is 8. The molecule has 0 aromatic rings. The summed E-state index contributed by atoms with van der Waals surface area (Å²) in [5, 5.41) is 63.5. The van der Waals surface area contributed by atoms with Gasteiger partial charge in [-0.1, -0.05) is 0 Å². The molecule has 12 heteroatoms. The van der Waals surface area contributed by atoms with Gasteiger partial charge in [0.15, 0.2) is 0 Å². The Bertz CT molecular complexity index is 1380. The van der Waals surface area contributed by atoms with Crippen molar-refractivity contribution in [2.24, 2.45) is 46.3 Å². The maximum absolute atomic E-state index is 15.5. The van der Waals surface area contributed by atoms with Crippen LogP contribution in [0, 0.1) is 46.3 Å². The molecule has 0 aliphatic carbocycles. The van der Waals surface area contributed by atoms with Crippen LogP contribution in [-0.2, 0) is 19.2 Å². The van der Waals surface area contributed by atoms with Gasteiger partial charge >= 0.3 is 23.9 Å². The maximum Gasteiger partial charge on any atom is 0.312 e. The lowest BCUT2D eigenvalue weighted by atomic mass is 9.37. The Labute approximate surface area is 336 Å². The molecular formula is C44H78N4O8. The van der Waals surface area contributed by atoms with Crippen LogP contribution in [0.2, 0.25) is 0 Å². The van der Waals surface area contributed by atoms with Crippen LogP contribution >= 0.6 is 0 Å². The first-order chi connectivity index (χ1) is 24.9. The molecule has 0 aromatic carbocycles. The van der Waals surface area contributed by atoms with Gasteiger partial charge in [0.05, 0.1) is 11.8 Å².